The van der Waals surface area contributed by atoms with Crippen LogP contribution in [0.2, 0.25) is 0 Å². The van der Waals surface area contributed by atoms with Gasteiger partial charge in [0.25, 0.3) is 11.5 Å². The second-order valence-electron chi connectivity index (χ2n) is 6.04. The van der Waals surface area contributed by atoms with Crippen LogP contribution in [0, 0.1) is 6.92 Å². The Bertz CT molecular complexity index is 1170. The van der Waals surface area contributed by atoms with Gasteiger partial charge in [0.1, 0.15) is 10.6 Å². The number of aryl methyl sites for hydroxylation is 1. The van der Waals surface area contributed by atoms with Crippen molar-refractivity contribution < 1.29 is 19.4 Å². The fraction of sp³-hybridized carbons (Fsp3) is 0.222. The Morgan fingerprint density at radius 1 is 1.25 bits per heavy atom. The van der Waals surface area contributed by atoms with Crippen molar-refractivity contribution in [3.8, 4) is 5.75 Å². The average molecular weight is 403 g/mol. The number of rotatable bonds is 7. The van der Waals surface area contributed by atoms with Gasteiger partial charge in [0.2, 0.25) is 0 Å². The number of hydrogen-bond donors (Lipinski definition) is 3. The number of thiophene rings is 1. The number of fused-ring (bicyclic) bond motifs is 1. The molecule has 3 rings (SSSR count). The topological polar surface area (TPSA) is 144 Å². The van der Waals surface area contributed by atoms with Crippen LogP contribution in [-0.2, 0) is 6.54 Å². The van der Waals surface area contributed by atoms with Crippen molar-refractivity contribution in [1.82, 2.24) is 9.55 Å². The van der Waals surface area contributed by atoms with E-state index in [0.29, 0.717) is 22.6 Å². The lowest BCUT2D eigenvalue weighted by atomic mass is 10.2. The first-order valence-electron chi connectivity index (χ1n) is 8.31. The van der Waals surface area contributed by atoms with Crippen molar-refractivity contribution >= 4 is 33.4 Å². The van der Waals surface area contributed by atoms with Crippen LogP contribution in [0.15, 0.2) is 33.9 Å². The largest absolute Gasteiger partial charge is 0.494 e. The molecule has 3 aromatic rings. The smallest absolute Gasteiger partial charge is 0.335 e. The normalized spacial score (nSPS) is 10.9. The number of ether oxygens (including phenoxy) is 1. The summed E-state index contributed by atoms with van der Waals surface area (Å²) in [5.41, 5.74) is 4.86. The van der Waals surface area contributed by atoms with Gasteiger partial charge in [-0.05, 0) is 43.2 Å². The third kappa shape index (κ3) is 3.67. The van der Waals surface area contributed by atoms with E-state index >= 15 is 0 Å². The molecule has 0 saturated heterocycles. The first-order valence-corrected chi connectivity index (χ1v) is 9.13. The van der Waals surface area contributed by atoms with Crippen molar-refractivity contribution in [2.24, 2.45) is 5.73 Å². The average Bonchev–Trinajstić information content (AvgIpc) is 2.98. The number of hydrogen-bond acceptors (Lipinski definition) is 6. The lowest BCUT2D eigenvalue weighted by Gasteiger charge is -2.08. The molecule has 0 bridgehead atoms. The highest BCUT2D eigenvalue weighted by molar-refractivity contribution is 7.20. The predicted molar refractivity (Wildman–Crippen MR) is 103 cm³/mol. The Morgan fingerprint density at radius 2 is 1.93 bits per heavy atom. The number of nitrogens with one attached hydrogen (secondary N) is 1. The van der Waals surface area contributed by atoms with Gasteiger partial charge in [-0.3, -0.25) is 19.1 Å². The molecule has 1 aromatic carbocycles. The second-order valence-corrected chi connectivity index (χ2v) is 7.06. The van der Waals surface area contributed by atoms with Crippen LogP contribution < -0.4 is 21.7 Å². The number of carbonyl (C=O) groups is 2. The number of carbonyl (C=O) groups excluding carboxylic acids is 1. The fourth-order valence-electron chi connectivity index (χ4n) is 2.80. The fourth-order valence-corrected chi connectivity index (χ4v) is 3.84. The summed E-state index contributed by atoms with van der Waals surface area (Å²) in [6.45, 7) is 1.97. The van der Waals surface area contributed by atoms with Crippen LogP contribution >= 0.6 is 11.3 Å². The molecule has 0 unspecified atom stereocenters. The Kier molecular flexibility index (Phi) is 5.32. The van der Waals surface area contributed by atoms with Gasteiger partial charge in [0.05, 0.1) is 22.4 Å². The molecule has 0 atom stereocenters. The van der Waals surface area contributed by atoms with E-state index in [1.807, 2.05) is 0 Å². The third-order valence-corrected chi connectivity index (χ3v) is 5.41. The number of aromatic carboxylic acids is 1. The Morgan fingerprint density at radius 3 is 2.54 bits per heavy atom. The number of H-pyrrole nitrogens is 1. The van der Waals surface area contributed by atoms with E-state index in [0.717, 1.165) is 15.9 Å². The van der Waals surface area contributed by atoms with Crippen molar-refractivity contribution in [3.05, 3.63) is 61.1 Å². The predicted octanol–water partition coefficient (Wildman–Crippen LogP) is 1.33. The number of amides is 1. The zero-order valence-electron chi connectivity index (χ0n) is 14.9. The maximum absolute atomic E-state index is 12.7. The number of carboxylic acid groups (broad SMARTS) is 1. The number of nitrogens with two attached hydrogens (primary N) is 1. The van der Waals surface area contributed by atoms with Crippen molar-refractivity contribution in [2.75, 3.05) is 6.61 Å². The molecular weight excluding hydrogens is 386 g/mol. The molecule has 0 saturated carbocycles. The summed E-state index contributed by atoms with van der Waals surface area (Å²) in [6.07, 6.45) is 0.376. The van der Waals surface area contributed by atoms with Gasteiger partial charge < -0.3 is 15.6 Å². The minimum atomic E-state index is -1.02. The first kappa shape index (κ1) is 19.4. The molecule has 0 fully saturated rings. The second kappa shape index (κ2) is 7.69. The van der Waals surface area contributed by atoms with Crippen LogP contribution in [0.4, 0.5) is 0 Å². The summed E-state index contributed by atoms with van der Waals surface area (Å²) in [6, 6.07) is 5.93. The van der Waals surface area contributed by atoms with Crippen LogP contribution in [0.5, 0.6) is 5.75 Å². The summed E-state index contributed by atoms with van der Waals surface area (Å²) < 4.78 is 6.57. The minimum absolute atomic E-state index is 0.124. The molecule has 0 aliphatic rings. The molecular formula is C18H17N3O6S. The standard InChI is InChI=1S/C18H17N3O6S/c1-9-12-15(28-13(9)14(19)22)20-18(26)21(16(12)23)7-2-8-27-11-5-3-10(4-6-11)17(24)25/h3-6H,2,7-8H2,1H3,(H2,19,22)(H,20,26)(H,24,25). The molecule has 4 N–H and O–H groups in total. The van der Waals surface area contributed by atoms with Gasteiger partial charge in [-0.2, -0.15) is 0 Å². The van der Waals surface area contributed by atoms with Crippen LogP contribution in [0.3, 0.4) is 0 Å². The zero-order valence-corrected chi connectivity index (χ0v) is 15.7. The lowest BCUT2D eigenvalue weighted by Crippen LogP contribution is -2.35. The summed E-state index contributed by atoms with van der Waals surface area (Å²) in [7, 11) is 0. The summed E-state index contributed by atoms with van der Waals surface area (Å²) in [4.78, 5) is 50.3. The molecule has 28 heavy (non-hydrogen) atoms. The molecule has 2 heterocycles. The number of nitrogens with zero attached hydrogens (tertiary/aromatic N) is 1. The van der Waals surface area contributed by atoms with Crippen LogP contribution in [-0.4, -0.2) is 33.1 Å². The number of benzene rings is 1. The molecule has 0 aliphatic carbocycles. The van der Waals surface area contributed by atoms with Crippen molar-refractivity contribution in [2.45, 2.75) is 19.9 Å². The van der Waals surface area contributed by atoms with Crippen LogP contribution in [0.1, 0.15) is 32.0 Å². The molecule has 0 aliphatic heterocycles. The molecule has 10 heteroatoms. The number of primary amides is 1. The van der Waals surface area contributed by atoms with E-state index in [-0.39, 0.29) is 29.0 Å². The maximum Gasteiger partial charge on any atom is 0.335 e. The monoisotopic (exact) mass is 403 g/mol. The maximum atomic E-state index is 12.7. The Balaban J connectivity index is 1.73. The highest BCUT2D eigenvalue weighted by Gasteiger charge is 2.18. The Hall–Kier alpha value is -3.40. The van der Waals surface area contributed by atoms with Crippen molar-refractivity contribution in [1.29, 1.82) is 0 Å². The van der Waals surface area contributed by atoms with Gasteiger partial charge in [-0.25, -0.2) is 9.59 Å². The minimum Gasteiger partial charge on any atom is -0.494 e. The number of carboxylic acids is 1. The van der Waals surface area contributed by atoms with Gasteiger partial charge in [0, 0.05) is 6.54 Å². The van der Waals surface area contributed by atoms with Crippen LogP contribution in [0.25, 0.3) is 10.2 Å². The quantitative estimate of drug-likeness (QED) is 0.508. The van der Waals surface area contributed by atoms with Gasteiger partial charge >= 0.3 is 11.7 Å². The Labute approximate surface area is 162 Å². The number of aromatic nitrogens is 2. The van der Waals surface area contributed by atoms with E-state index < -0.39 is 23.1 Å². The summed E-state index contributed by atoms with van der Waals surface area (Å²) >= 11 is 0.988. The molecule has 1 amide bonds. The molecule has 2 aromatic heterocycles. The van der Waals surface area contributed by atoms with Crippen molar-refractivity contribution in [3.63, 3.8) is 0 Å². The first-order chi connectivity index (χ1) is 13.3. The van der Waals surface area contributed by atoms with E-state index in [9.17, 15) is 19.2 Å². The lowest BCUT2D eigenvalue weighted by molar-refractivity contribution is 0.0696. The molecule has 9 nitrogen and oxygen atoms in total. The SMILES string of the molecule is Cc1c(C(N)=O)sc2[nH]c(=O)n(CCCOc3ccc(C(=O)O)cc3)c(=O)c12. The van der Waals surface area contributed by atoms with E-state index in [1.54, 1.807) is 6.92 Å². The van der Waals surface area contributed by atoms with Gasteiger partial charge in [-0.15, -0.1) is 11.3 Å². The van der Waals surface area contributed by atoms with E-state index in [1.165, 1.54) is 24.3 Å². The number of aromatic amines is 1. The molecule has 146 valence electrons. The van der Waals surface area contributed by atoms with Gasteiger partial charge in [-0.1, -0.05) is 0 Å². The molecule has 0 spiro atoms. The third-order valence-electron chi connectivity index (χ3n) is 4.19. The van der Waals surface area contributed by atoms with E-state index in [4.69, 9.17) is 15.6 Å². The van der Waals surface area contributed by atoms with E-state index in [2.05, 4.69) is 4.98 Å². The highest BCUT2D eigenvalue weighted by atomic mass is 32.1. The zero-order chi connectivity index (χ0) is 20.4. The molecule has 0 radical (unpaired) electrons. The summed E-state index contributed by atoms with van der Waals surface area (Å²) in [5.74, 6) is -1.18. The summed E-state index contributed by atoms with van der Waals surface area (Å²) in [5, 5.41) is 9.14. The van der Waals surface area contributed by atoms with Gasteiger partial charge in [0.15, 0.2) is 0 Å². The highest BCUT2D eigenvalue weighted by Crippen LogP contribution is 2.25.